The van der Waals surface area contributed by atoms with Crippen molar-refractivity contribution in [1.82, 2.24) is 25.9 Å². The van der Waals surface area contributed by atoms with Crippen molar-refractivity contribution in [3.05, 3.63) is 40.4 Å². The summed E-state index contributed by atoms with van der Waals surface area (Å²) in [5.41, 5.74) is 0.900. The molecular formula is C11H13ClFN5. The van der Waals surface area contributed by atoms with Crippen LogP contribution in [0, 0.1) is 5.82 Å². The van der Waals surface area contributed by atoms with Crippen molar-refractivity contribution in [2.75, 3.05) is 0 Å². The van der Waals surface area contributed by atoms with Gasteiger partial charge in [-0.15, -0.1) is 10.2 Å². The molecule has 2 N–H and O–H groups in total. The average Bonchev–Trinajstić information content (AvgIpc) is 2.86. The van der Waals surface area contributed by atoms with Gasteiger partial charge in [0.05, 0.1) is 11.1 Å². The molecule has 1 heterocycles. The maximum Gasteiger partial charge on any atom is 0.191 e. The summed E-state index contributed by atoms with van der Waals surface area (Å²) >= 11 is 5.75. The van der Waals surface area contributed by atoms with E-state index >= 15 is 0 Å². The van der Waals surface area contributed by atoms with Gasteiger partial charge in [-0.3, -0.25) is 0 Å². The molecule has 0 fully saturated rings. The van der Waals surface area contributed by atoms with Crippen molar-refractivity contribution in [2.45, 2.75) is 25.9 Å². The lowest BCUT2D eigenvalue weighted by Gasteiger charge is -2.18. The Labute approximate surface area is 109 Å². The zero-order chi connectivity index (χ0) is 13.1. The number of hydrogen-bond acceptors (Lipinski definition) is 4. The second-order valence-corrected chi connectivity index (χ2v) is 4.46. The van der Waals surface area contributed by atoms with Crippen LogP contribution in [0.3, 0.4) is 0 Å². The molecule has 0 spiro atoms. The van der Waals surface area contributed by atoms with Crippen LogP contribution in [0.5, 0.6) is 0 Å². The molecule has 0 amide bonds. The van der Waals surface area contributed by atoms with E-state index in [2.05, 4.69) is 25.9 Å². The van der Waals surface area contributed by atoms with Crippen LogP contribution in [-0.2, 0) is 0 Å². The first kappa shape index (κ1) is 12.9. The number of benzene rings is 1. The van der Waals surface area contributed by atoms with Crippen LogP contribution in [0.25, 0.3) is 0 Å². The highest BCUT2D eigenvalue weighted by Crippen LogP contribution is 2.22. The van der Waals surface area contributed by atoms with E-state index in [0.29, 0.717) is 5.82 Å². The molecule has 1 aromatic carbocycles. The molecule has 0 bridgehead atoms. The summed E-state index contributed by atoms with van der Waals surface area (Å²) in [6, 6.07) is 4.59. The number of rotatable bonds is 4. The van der Waals surface area contributed by atoms with E-state index in [1.165, 1.54) is 6.07 Å². The summed E-state index contributed by atoms with van der Waals surface area (Å²) in [6.07, 6.45) is 0. The van der Waals surface area contributed by atoms with Crippen molar-refractivity contribution in [3.8, 4) is 0 Å². The van der Waals surface area contributed by atoms with Gasteiger partial charge in [-0.1, -0.05) is 22.9 Å². The van der Waals surface area contributed by atoms with Crippen molar-refractivity contribution < 1.29 is 4.39 Å². The normalized spacial score (nSPS) is 14.4. The first-order valence-corrected chi connectivity index (χ1v) is 5.90. The average molecular weight is 270 g/mol. The van der Waals surface area contributed by atoms with Gasteiger partial charge in [-0.05, 0) is 31.5 Å². The summed E-state index contributed by atoms with van der Waals surface area (Å²) in [5, 5.41) is 17.1. The molecular weight excluding hydrogens is 257 g/mol. The Bertz CT molecular complexity index is 516. The summed E-state index contributed by atoms with van der Waals surface area (Å²) in [6.45, 7) is 3.88. The predicted molar refractivity (Wildman–Crippen MR) is 65.6 cm³/mol. The summed E-state index contributed by atoms with van der Waals surface area (Å²) in [7, 11) is 0. The Morgan fingerprint density at radius 2 is 2.11 bits per heavy atom. The van der Waals surface area contributed by atoms with Crippen LogP contribution in [0.4, 0.5) is 4.39 Å². The molecule has 1 aromatic heterocycles. The first-order valence-electron chi connectivity index (χ1n) is 5.52. The van der Waals surface area contributed by atoms with Crippen LogP contribution < -0.4 is 5.32 Å². The molecule has 96 valence electrons. The molecule has 0 aliphatic heterocycles. The minimum absolute atomic E-state index is 0.00315. The molecule has 2 unspecified atom stereocenters. The van der Waals surface area contributed by atoms with Gasteiger partial charge in [0.25, 0.3) is 0 Å². The van der Waals surface area contributed by atoms with Gasteiger partial charge in [0.1, 0.15) is 5.82 Å². The molecule has 0 saturated carbocycles. The highest BCUT2D eigenvalue weighted by molar-refractivity contribution is 6.30. The van der Waals surface area contributed by atoms with Crippen molar-refractivity contribution >= 4 is 11.6 Å². The van der Waals surface area contributed by atoms with Gasteiger partial charge in [-0.25, -0.2) is 4.39 Å². The maximum atomic E-state index is 13.1. The van der Waals surface area contributed by atoms with Gasteiger partial charge in [0, 0.05) is 6.04 Å². The van der Waals surface area contributed by atoms with Gasteiger partial charge >= 0.3 is 0 Å². The number of nitrogens with zero attached hydrogens (tertiary/aromatic N) is 3. The maximum absolute atomic E-state index is 13.1. The van der Waals surface area contributed by atoms with Crippen molar-refractivity contribution in [3.63, 3.8) is 0 Å². The fourth-order valence-corrected chi connectivity index (χ4v) is 1.87. The molecule has 2 aromatic rings. The molecule has 7 heteroatoms. The van der Waals surface area contributed by atoms with Gasteiger partial charge < -0.3 is 5.32 Å². The van der Waals surface area contributed by atoms with E-state index in [4.69, 9.17) is 11.6 Å². The lowest BCUT2D eigenvalue weighted by atomic mass is 10.1. The Morgan fingerprint density at radius 3 is 2.72 bits per heavy atom. The van der Waals surface area contributed by atoms with E-state index in [9.17, 15) is 4.39 Å². The molecule has 2 rings (SSSR count). The van der Waals surface area contributed by atoms with Crippen LogP contribution in [-0.4, -0.2) is 20.6 Å². The molecule has 2 atom stereocenters. The van der Waals surface area contributed by atoms with Gasteiger partial charge in [-0.2, -0.15) is 5.21 Å². The predicted octanol–water partition coefficient (Wildman–Crippen LogP) is 2.40. The van der Waals surface area contributed by atoms with Crippen LogP contribution >= 0.6 is 11.6 Å². The number of aromatic amines is 1. The fraction of sp³-hybridized carbons (Fsp3) is 0.364. The highest BCUT2D eigenvalue weighted by atomic mass is 35.5. The van der Waals surface area contributed by atoms with Crippen LogP contribution in [0.2, 0.25) is 5.02 Å². The molecule has 18 heavy (non-hydrogen) atoms. The fourth-order valence-electron chi connectivity index (χ4n) is 1.68. The standard InChI is InChI=1S/C11H13ClFN5/c1-6(8-3-4-10(13)9(12)5-8)14-7(2)11-15-17-18-16-11/h3-7,14H,1-2H3,(H,15,16,17,18). The number of hydrogen-bond donors (Lipinski definition) is 2. The van der Waals surface area contributed by atoms with Crippen LogP contribution in [0.1, 0.15) is 37.3 Å². The Hall–Kier alpha value is -1.53. The second-order valence-electron chi connectivity index (χ2n) is 4.05. The highest BCUT2D eigenvalue weighted by Gasteiger charge is 2.15. The third-order valence-electron chi connectivity index (χ3n) is 2.69. The monoisotopic (exact) mass is 269 g/mol. The van der Waals surface area contributed by atoms with Crippen molar-refractivity contribution in [1.29, 1.82) is 0 Å². The third kappa shape index (κ3) is 2.83. The Kier molecular flexibility index (Phi) is 3.88. The van der Waals surface area contributed by atoms with Crippen LogP contribution in [0.15, 0.2) is 18.2 Å². The summed E-state index contributed by atoms with van der Waals surface area (Å²) in [5.74, 6) is 0.161. The van der Waals surface area contributed by atoms with E-state index in [1.54, 1.807) is 12.1 Å². The zero-order valence-corrected chi connectivity index (χ0v) is 10.7. The molecule has 0 radical (unpaired) electrons. The SMILES string of the molecule is CC(NC(C)c1nn[nH]n1)c1ccc(F)c(Cl)c1. The van der Waals surface area contributed by atoms with Gasteiger partial charge in [0.2, 0.25) is 0 Å². The smallest absolute Gasteiger partial charge is 0.191 e. The lowest BCUT2D eigenvalue weighted by molar-refractivity contribution is 0.476. The first-order chi connectivity index (χ1) is 8.58. The van der Waals surface area contributed by atoms with E-state index in [0.717, 1.165) is 5.56 Å². The number of tetrazole rings is 1. The summed E-state index contributed by atoms with van der Waals surface area (Å²) in [4.78, 5) is 0. The second kappa shape index (κ2) is 5.41. The number of aromatic nitrogens is 4. The quantitative estimate of drug-likeness (QED) is 0.894. The third-order valence-corrected chi connectivity index (χ3v) is 2.98. The summed E-state index contributed by atoms with van der Waals surface area (Å²) < 4.78 is 13.1. The van der Waals surface area contributed by atoms with E-state index in [-0.39, 0.29) is 17.1 Å². The largest absolute Gasteiger partial charge is 0.301 e. The number of H-pyrrole nitrogens is 1. The van der Waals surface area contributed by atoms with Gasteiger partial charge in [0.15, 0.2) is 5.82 Å². The zero-order valence-electron chi connectivity index (χ0n) is 9.98. The van der Waals surface area contributed by atoms with E-state index in [1.807, 2.05) is 13.8 Å². The number of nitrogens with one attached hydrogen (secondary N) is 2. The molecule has 0 aliphatic carbocycles. The van der Waals surface area contributed by atoms with E-state index < -0.39 is 5.82 Å². The molecule has 5 nitrogen and oxygen atoms in total. The lowest BCUT2D eigenvalue weighted by Crippen LogP contribution is -2.23. The Morgan fingerprint density at radius 1 is 1.33 bits per heavy atom. The minimum Gasteiger partial charge on any atom is -0.301 e. The molecule has 0 aliphatic rings. The van der Waals surface area contributed by atoms with Crippen molar-refractivity contribution in [2.24, 2.45) is 0 Å². The number of halogens is 2. The topological polar surface area (TPSA) is 66.5 Å². The molecule has 0 saturated heterocycles. The minimum atomic E-state index is -0.418. The Balaban J connectivity index is 2.07.